The van der Waals surface area contributed by atoms with E-state index in [0.29, 0.717) is 65.0 Å². The molecular formula is C75H125N11O20Te. The number of carboxylic acid groups (broad SMARTS) is 5. The Morgan fingerprint density at radius 1 is 0.477 bits per heavy atom. The molecular weight excluding hydrogens is 1500 g/mol. The Balaban J connectivity index is 1.69. The van der Waals surface area contributed by atoms with Crippen molar-refractivity contribution in [2.24, 2.45) is 11.8 Å². The van der Waals surface area contributed by atoms with E-state index in [2.05, 4.69) is 54.3 Å². The number of carboxylic acids is 5. The number of rotatable bonds is 64. The number of amides is 8. The zero-order chi connectivity index (χ0) is 78.4. The Morgan fingerprint density at radius 2 is 1.00 bits per heavy atom. The van der Waals surface area contributed by atoms with Crippen molar-refractivity contribution in [3.8, 4) is 0 Å². The van der Waals surface area contributed by atoms with Gasteiger partial charge in [-0.2, -0.15) is 0 Å². The van der Waals surface area contributed by atoms with Gasteiger partial charge in [-0.3, -0.25) is 67.4 Å². The monoisotopic (exact) mass is 1630 g/mol. The van der Waals surface area contributed by atoms with Crippen LogP contribution in [0.25, 0.3) is 0 Å². The molecule has 2 aliphatic rings. The maximum atomic E-state index is 14.6. The summed E-state index contributed by atoms with van der Waals surface area (Å²) in [5, 5.41) is 66.5. The first kappa shape index (κ1) is 94.1. The van der Waals surface area contributed by atoms with E-state index in [1.165, 1.54) is 64.7 Å². The third-order valence-electron chi connectivity index (χ3n) is 19.2. The van der Waals surface area contributed by atoms with Crippen LogP contribution in [0.2, 0.25) is 0 Å². The quantitative estimate of drug-likeness (QED) is 0.0309. The van der Waals surface area contributed by atoms with Gasteiger partial charge in [0, 0.05) is 90.5 Å². The molecule has 606 valence electrons. The average Bonchev–Trinajstić information content (AvgIpc) is 1.12. The first-order valence-electron chi connectivity index (χ1n) is 39.1. The minimum absolute atomic E-state index is 0.0172. The summed E-state index contributed by atoms with van der Waals surface area (Å²) in [5.74, 6) is -10.0. The number of hydrogen-bond donors (Lipinski definition) is 12. The molecule has 12 N–H and O–H groups in total. The van der Waals surface area contributed by atoms with Gasteiger partial charge in [0.25, 0.3) is 0 Å². The summed E-state index contributed by atoms with van der Waals surface area (Å²) >= 11 is -0.334. The van der Waals surface area contributed by atoms with Crippen LogP contribution in [0.4, 0.5) is 4.79 Å². The van der Waals surface area contributed by atoms with Gasteiger partial charge in [-0.1, -0.05) is 116 Å². The fraction of sp³-hybridized carbons (Fsp3) is 0.760. The number of morpholine rings is 1. The number of aryl methyl sites for hydroxylation is 1. The first-order valence-corrected chi connectivity index (χ1v) is 41.6. The molecule has 1 aromatic rings. The Kier molecular flexibility index (Phi) is 50.9. The molecule has 2 heterocycles. The fourth-order valence-electron chi connectivity index (χ4n) is 13.2. The fourth-order valence-corrected chi connectivity index (χ4v) is 15.2. The number of ketones is 2. The number of ether oxygens (including phenoxy) is 1. The summed E-state index contributed by atoms with van der Waals surface area (Å²) < 4.78 is 8.98. The van der Waals surface area contributed by atoms with Gasteiger partial charge < -0.3 is 56.4 Å². The summed E-state index contributed by atoms with van der Waals surface area (Å²) in [6, 6.07) is 0.0611. The molecule has 4 unspecified atom stereocenters. The first-order chi connectivity index (χ1) is 51.4. The van der Waals surface area contributed by atoms with Crippen molar-refractivity contribution in [3.05, 3.63) is 19.8 Å². The number of nitrogens with one attached hydrogen (secondary N) is 7. The molecule has 2 fully saturated rings. The number of carbonyl (C=O) groups excluding carboxylic acids is 9. The molecule has 31 nitrogen and oxygen atoms in total. The standard InChI is InChI=1S/C75H125N11O20Te/c1-2-3-4-5-6-7-8-9-10-11-12-13-17-30-65(90)80-61(28-19-21-36-76-64(89)33-31-58-26-23-48-107-58)74(104)78-39-35-60(81-73(103)57(49-56-24-15-14-16-25-56)50-67(92)86-44-46-106-47-45-86)62(87)29-22-38-79-75(105)82-59(63(88)32-34-68(93)94)27-18-20-37-77-66(91)51-84(53-70(97)98)42-40-83(52-69(95)96)41-43-85(54-71(99)100)55-72(101)102/h23,26,48,56-57,59-61H,2-22,24-25,27-47,49-55H2,1H3,(H,76,89)(H,77,91)(H,78,104)(H,80,90)(H,81,103)(H,93,94)(H,95,96)(H,97,98)(H,99,100)(H,101,102)(H2,79,82,105). The van der Waals surface area contributed by atoms with Gasteiger partial charge in [0.05, 0.1) is 64.4 Å². The summed E-state index contributed by atoms with van der Waals surface area (Å²) in [5.41, 5.74) is 0. The van der Waals surface area contributed by atoms with Crippen LogP contribution in [-0.2, 0) is 73.5 Å². The molecule has 0 aromatic carbocycles. The van der Waals surface area contributed by atoms with Gasteiger partial charge in [0.15, 0.2) is 11.6 Å². The van der Waals surface area contributed by atoms with E-state index >= 15 is 0 Å². The Morgan fingerprint density at radius 3 is 1.57 bits per heavy atom. The van der Waals surface area contributed by atoms with Crippen molar-refractivity contribution in [2.75, 3.05) is 111 Å². The number of carbonyl (C=O) groups is 14. The van der Waals surface area contributed by atoms with Crippen molar-refractivity contribution in [2.45, 2.75) is 243 Å². The number of aliphatic carboxylic acids is 5. The van der Waals surface area contributed by atoms with Gasteiger partial charge in [-0.25, -0.2) is 4.79 Å². The molecule has 4 atom stereocenters. The SMILES string of the molecule is CCCCCCCCCCCCCCCC(=O)NC(CCCCNC(=O)CCc1ccc[te]1)C(=O)NCCC(NC(=O)C(CC(=O)N1CCOCC1)CC1CCCCC1)C(=O)CCCNC(=O)NC(CCCCNC(=O)CN(CCN(CCN(CC(=O)O)CC(=O)O)CC(=O)O)CC(=O)O)C(=O)CCC(=O)O. The third kappa shape index (κ3) is 47.4. The molecule has 3 rings (SSSR count). The summed E-state index contributed by atoms with van der Waals surface area (Å²) in [6.07, 6.45) is 22.3. The molecule has 1 saturated heterocycles. The predicted molar refractivity (Wildman–Crippen MR) is 400 cm³/mol. The number of nitrogens with zero attached hydrogens (tertiary/aromatic N) is 4. The summed E-state index contributed by atoms with van der Waals surface area (Å²) in [6.45, 7) is 0.710. The van der Waals surface area contributed by atoms with E-state index in [4.69, 9.17) is 4.74 Å². The molecule has 107 heavy (non-hydrogen) atoms. The Bertz CT molecular complexity index is 2830. The van der Waals surface area contributed by atoms with Crippen LogP contribution in [0.15, 0.2) is 16.2 Å². The minimum atomic E-state index is -1.30. The maximum absolute atomic E-state index is 14.6. The van der Waals surface area contributed by atoms with Gasteiger partial charge >= 0.3 is 164 Å². The predicted octanol–water partition coefficient (Wildman–Crippen LogP) is 4.74. The number of unbranched alkanes of at least 4 members (excludes halogenated alkanes) is 14. The second kappa shape index (κ2) is 57.9. The topological polar surface area (TPSA) is 447 Å². The van der Waals surface area contributed by atoms with Crippen LogP contribution in [0, 0.1) is 11.8 Å². The summed E-state index contributed by atoms with van der Waals surface area (Å²) in [7, 11) is 0. The van der Waals surface area contributed by atoms with E-state index in [1.807, 2.05) is 6.07 Å². The van der Waals surface area contributed by atoms with Crippen LogP contribution >= 0.6 is 0 Å². The molecule has 1 aliphatic heterocycles. The van der Waals surface area contributed by atoms with Crippen molar-refractivity contribution >= 4 is 103 Å². The van der Waals surface area contributed by atoms with E-state index in [0.717, 1.165) is 69.1 Å². The van der Waals surface area contributed by atoms with Gasteiger partial charge in [-0.15, -0.1) is 0 Å². The zero-order valence-electron chi connectivity index (χ0n) is 63.2. The zero-order valence-corrected chi connectivity index (χ0v) is 65.6. The van der Waals surface area contributed by atoms with E-state index in [9.17, 15) is 92.7 Å². The van der Waals surface area contributed by atoms with Crippen LogP contribution < -0.4 is 37.2 Å². The minimum Gasteiger partial charge on any atom is -0.481 e. The van der Waals surface area contributed by atoms with Gasteiger partial charge in [-0.05, 0) is 50.9 Å². The Hall–Kier alpha value is -7.11. The van der Waals surface area contributed by atoms with Crippen molar-refractivity contribution in [3.63, 3.8) is 0 Å². The number of urea groups is 1. The second-order valence-corrected chi connectivity index (χ2v) is 31.3. The molecule has 1 aliphatic carbocycles. The van der Waals surface area contributed by atoms with Crippen molar-refractivity contribution in [1.82, 2.24) is 56.8 Å². The van der Waals surface area contributed by atoms with Crippen LogP contribution in [-0.4, -0.2) is 278 Å². The van der Waals surface area contributed by atoms with Crippen molar-refractivity contribution < 1.29 is 97.4 Å². The van der Waals surface area contributed by atoms with Crippen LogP contribution in [0.3, 0.4) is 0 Å². The molecule has 0 spiro atoms. The van der Waals surface area contributed by atoms with E-state index < -0.39 is 135 Å². The van der Waals surface area contributed by atoms with E-state index in [-0.39, 0.29) is 148 Å². The molecule has 0 radical (unpaired) electrons. The molecule has 32 heteroatoms. The van der Waals surface area contributed by atoms with Gasteiger partial charge in [0.1, 0.15) is 0 Å². The average molecular weight is 1630 g/mol. The van der Waals surface area contributed by atoms with E-state index in [1.54, 1.807) is 4.90 Å². The normalized spacial score (nSPS) is 14.3. The van der Waals surface area contributed by atoms with Crippen LogP contribution in [0.1, 0.15) is 222 Å². The second-order valence-electron chi connectivity index (χ2n) is 28.3. The summed E-state index contributed by atoms with van der Waals surface area (Å²) in [4.78, 5) is 186. The van der Waals surface area contributed by atoms with Gasteiger partial charge in [0.2, 0.25) is 17.7 Å². The third-order valence-corrected chi connectivity index (χ3v) is 21.9. The Labute approximate surface area is 640 Å². The number of Topliss-reactive ketones (excluding diaryl/α,β-unsaturated/α-hetero) is 2. The molecule has 1 saturated carbocycles. The molecule has 1 aromatic heterocycles. The molecule has 8 amide bonds. The smallest absolute Gasteiger partial charge is 0.481 e. The number of hydrogen-bond acceptors (Lipinski definition) is 18. The van der Waals surface area contributed by atoms with Crippen LogP contribution in [0.5, 0.6) is 0 Å². The molecule has 0 bridgehead atoms. The van der Waals surface area contributed by atoms with Crippen molar-refractivity contribution in [1.29, 1.82) is 0 Å².